The Morgan fingerprint density at radius 3 is 2.75 bits per heavy atom. The Hall–Kier alpha value is -1.14. The van der Waals surface area contributed by atoms with Gasteiger partial charge in [-0.2, -0.15) is 0 Å². The minimum Gasteiger partial charge on any atom is -0.478 e. The molecule has 6 heteroatoms. The minimum absolute atomic E-state index is 0.102. The summed E-state index contributed by atoms with van der Waals surface area (Å²) < 4.78 is 13.6. The number of rotatable bonds is 4. The standard InChI is InChI=1S/C10H11BrFNO3/c1-5(4-14)13-7-3-2-6(10(15)16)8(11)9(7)12/h2-3,5,13-14H,4H2,1H3,(H,15,16). The average Bonchev–Trinajstić information content (AvgIpc) is 2.24. The highest BCUT2D eigenvalue weighted by Crippen LogP contribution is 2.27. The average molecular weight is 292 g/mol. The zero-order chi connectivity index (χ0) is 12.3. The van der Waals surface area contributed by atoms with Gasteiger partial charge in [-0.15, -0.1) is 0 Å². The minimum atomic E-state index is -1.20. The van der Waals surface area contributed by atoms with Crippen LogP contribution in [0, 0.1) is 5.82 Å². The van der Waals surface area contributed by atoms with Crippen LogP contribution >= 0.6 is 15.9 Å². The molecule has 0 heterocycles. The molecule has 0 radical (unpaired) electrons. The fourth-order valence-electron chi connectivity index (χ4n) is 1.14. The van der Waals surface area contributed by atoms with Gasteiger partial charge in [-0.1, -0.05) is 0 Å². The van der Waals surface area contributed by atoms with Gasteiger partial charge in [0.25, 0.3) is 0 Å². The maximum absolute atomic E-state index is 13.7. The lowest BCUT2D eigenvalue weighted by Crippen LogP contribution is -2.20. The van der Waals surface area contributed by atoms with Gasteiger partial charge in [-0.05, 0) is 35.0 Å². The molecule has 0 saturated heterocycles. The molecule has 0 amide bonds. The van der Waals surface area contributed by atoms with E-state index in [2.05, 4.69) is 21.2 Å². The summed E-state index contributed by atoms with van der Waals surface area (Å²) in [6.07, 6.45) is 0. The first-order valence-electron chi connectivity index (χ1n) is 4.56. The number of aromatic carboxylic acids is 1. The highest BCUT2D eigenvalue weighted by molar-refractivity contribution is 9.10. The van der Waals surface area contributed by atoms with Crippen LogP contribution in [0.5, 0.6) is 0 Å². The summed E-state index contributed by atoms with van der Waals surface area (Å²) in [6, 6.07) is 2.31. The molecule has 0 bridgehead atoms. The number of carboxylic acid groups (broad SMARTS) is 1. The van der Waals surface area contributed by atoms with Crippen LogP contribution < -0.4 is 5.32 Å². The predicted octanol–water partition coefficient (Wildman–Crippen LogP) is 2.08. The molecule has 1 unspecified atom stereocenters. The van der Waals surface area contributed by atoms with Gasteiger partial charge >= 0.3 is 5.97 Å². The van der Waals surface area contributed by atoms with Gasteiger partial charge in [-0.3, -0.25) is 0 Å². The van der Waals surface area contributed by atoms with E-state index in [1.54, 1.807) is 6.92 Å². The van der Waals surface area contributed by atoms with Crippen molar-refractivity contribution in [2.24, 2.45) is 0 Å². The quantitative estimate of drug-likeness (QED) is 0.794. The maximum atomic E-state index is 13.7. The molecule has 0 spiro atoms. The third kappa shape index (κ3) is 2.70. The van der Waals surface area contributed by atoms with E-state index in [1.807, 2.05) is 0 Å². The Morgan fingerprint density at radius 2 is 2.25 bits per heavy atom. The van der Waals surface area contributed by atoms with Crippen LogP contribution in [-0.4, -0.2) is 28.8 Å². The summed E-state index contributed by atoms with van der Waals surface area (Å²) >= 11 is 2.89. The van der Waals surface area contributed by atoms with Crippen molar-refractivity contribution in [3.05, 3.63) is 28.0 Å². The number of carbonyl (C=O) groups is 1. The highest BCUT2D eigenvalue weighted by atomic mass is 79.9. The van der Waals surface area contributed by atoms with Crippen molar-refractivity contribution in [2.45, 2.75) is 13.0 Å². The molecule has 0 aliphatic heterocycles. The number of halogens is 2. The van der Waals surface area contributed by atoms with Crippen LogP contribution in [0.25, 0.3) is 0 Å². The van der Waals surface area contributed by atoms with Crippen molar-refractivity contribution in [1.82, 2.24) is 0 Å². The Kier molecular flexibility index (Phi) is 4.26. The van der Waals surface area contributed by atoms with Crippen molar-refractivity contribution in [3.63, 3.8) is 0 Å². The van der Waals surface area contributed by atoms with E-state index in [4.69, 9.17) is 10.2 Å². The van der Waals surface area contributed by atoms with Crippen LogP contribution in [-0.2, 0) is 0 Å². The summed E-state index contributed by atoms with van der Waals surface area (Å²) in [5.41, 5.74) is 0.0122. The van der Waals surface area contributed by atoms with Gasteiger partial charge in [0.2, 0.25) is 0 Å². The molecular weight excluding hydrogens is 281 g/mol. The first-order chi connectivity index (χ1) is 7.47. The van der Waals surface area contributed by atoms with Gasteiger partial charge < -0.3 is 15.5 Å². The number of hydrogen-bond acceptors (Lipinski definition) is 3. The van der Waals surface area contributed by atoms with E-state index in [-0.39, 0.29) is 28.4 Å². The molecule has 88 valence electrons. The van der Waals surface area contributed by atoms with Crippen LogP contribution in [0.3, 0.4) is 0 Å². The van der Waals surface area contributed by atoms with E-state index in [0.717, 1.165) is 0 Å². The molecule has 1 rings (SSSR count). The van der Waals surface area contributed by atoms with E-state index < -0.39 is 11.8 Å². The Labute approximate surface area is 100 Å². The molecule has 0 saturated carbocycles. The summed E-state index contributed by atoms with van der Waals surface area (Å²) in [4.78, 5) is 10.7. The second-order valence-electron chi connectivity index (χ2n) is 3.32. The van der Waals surface area contributed by atoms with E-state index in [9.17, 15) is 9.18 Å². The number of aliphatic hydroxyl groups excluding tert-OH is 1. The molecule has 1 aromatic carbocycles. The highest BCUT2D eigenvalue weighted by Gasteiger charge is 2.16. The summed E-state index contributed by atoms with van der Waals surface area (Å²) in [7, 11) is 0. The predicted molar refractivity (Wildman–Crippen MR) is 61.2 cm³/mol. The van der Waals surface area contributed by atoms with Crippen molar-refractivity contribution in [3.8, 4) is 0 Å². The number of hydrogen-bond donors (Lipinski definition) is 3. The molecule has 1 atom stereocenters. The van der Waals surface area contributed by atoms with Crippen LogP contribution in [0.2, 0.25) is 0 Å². The molecule has 0 aromatic heterocycles. The lowest BCUT2D eigenvalue weighted by molar-refractivity contribution is 0.0695. The van der Waals surface area contributed by atoms with Crippen LogP contribution in [0.4, 0.5) is 10.1 Å². The molecule has 3 N–H and O–H groups in total. The van der Waals surface area contributed by atoms with Crippen molar-refractivity contribution >= 4 is 27.6 Å². The third-order valence-electron chi connectivity index (χ3n) is 1.99. The zero-order valence-corrected chi connectivity index (χ0v) is 10.1. The molecule has 0 aliphatic rings. The number of aliphatic hydroxyl groups is 1. The lowest BCUT2D eigenvalue weighted by Gasteiger charge is -2.14. The number of carboxylic acids is 1. The maximum Gasteiger partial charge on any atom is 0.336 e. The molecule has 4 nitrogen and oxygen atoms in total. The topological polar surface area (TPSA) is 69.6 Å². The lowest BCUT2D eigenvalue weighted by atomic mass is 10.2. The molecule has 16 heavy (non-hydrogen) atoms. The number of nitrogens with one attached hydrogen (secondary N) is 1. The Morgan fingerprint density at radius 1 is 1.62 bits per heavy atom. The largest absolute Gasteiger partial charge is 0.478 e. The first kappa shape index (κ1) is 12.9. The second kappa shape index (κ2) is 5.27. The molecule has 0 aliphatic carbocycles. The molecule has 1 aromatic rings. The molecular formula is C10H11BrFNO3. The van der Waals surface area contributed by atoms with Gasteiger partial charge in [0.05, 0.1) is 22.3 Å². The van der Waals surface area contributed by atoms with Gasteiger partial charge in [-0.25, -0.2) is 9.18 Å². The zero-order valence-electron chi connectivity index (χ0n) is 8.50. The van der Waals surface area contributed by atoms with E-state index in [0.29, 0.717) is 0 Å². The number of anilines is 1. The normalized spacial score (nSPS) is 12.2. The van der Waals surface area contributed by atoms with Crippen molar-refractivity contribution in [1.29, 1.82) is 0 Å². The van der Waals surface area contributed by atoms with Crippen LogP contribution in [0.15, 0.2) is 16.6 Å². The monoisotopic (exact) mass is 291 g/mol. The van der Waals surface area contributed by atoms with Crippen molar-refractivity contribution in [2.75, 3.05) is 11.9 Å². The fourth-order valence-corrected chi connectivity index (χ4v) is 1.65. The second-order valence-corrected chi connectivity index (χ2v) is 4.11. The number of benzene rings is 1. The fraction of sp³-hybridized carbons (Fsp3) is 0.300. The van der Waals surface area contributed by atoms with Crippen molar-refractivity contribution < 1.29 is 19.4 Å². The third-order valence-corrected chi connectivity index (χ3v) is 2.76. The Bertz CT molecular complexity index is 411. The van der Waals surface area contributed by atoms with Crippen LogP contribution in [0.1, 0.15) is 17.3 Å². The summed E-state index contributed by atoms with van der Waals surface area (Å²) in [5.74, 6) is -1.88. The summed E-state index contributed by atoms with van der Waals surface area (Å²) in [5, 5.41) is 20.3. The van der Waals surface area contributed by atoms with Gasteiger partial charge in [0, 0.05) is 6.04 Å². The van der Waals surface area contributed by atoms with Gasteiger partial charge in [0.1, 0.15) is 0 Å². The van der Waals surface area contributed by atoms with Gasteiger partial charge in [0.15, 0.2) is 5.82 Å². The molecule has 0 fully saturated rings. The first-order valence-corrected chi connectivity index (χ1v) is 5.35. The smallest absolute Gasteiger partial charge is 0.336 e. The van der Waals surface area contributed by atoms with E-state index >= 15 is 0 Å². The Balaban J connectivity index is 3.07. The SMILES string of the molecule is CC(CO)Nc1ccc(C(=O)O)c(Br)c1F. The summed E-state index contributed by atoms with van der Waals surface area (Å²) in [6.45, 7) is 1.54. The van der Waals surface area contributed by atoms with E-state index in [1.165, 1.54) is 12.1 Å².